The van der Waals surface area contributed by atoms with Crippen LogP contribution < -0.4 is 5.32 Å². The fraction of sp³-hybridized carbons (Fsp3) is 0.294. The molecule has 0 spiro atoms. The summed E-state index contributed by atoms with van der Waals surface area (Å²) in [4.78, 5) is 26.3. The topological polar surface area (TPSA) is 49.4 Å². The summed E-state index contributed by atoms with van der Waals surface area (Å²) in [5.41, 5.74) is 2.71. The fourth-order valence-corrected chi connectivity index (χ4v) is 2.97. The summed E-state index contributed by atoms with van der Waals surface area (Å²) in [6.45, 7) is 2.48. The Morgan fingerprint density at radius 2 is 2.00 bits per heavy atom. The lowest BCUT2D eigenvalue weighted by Crippen LogP contribution is -2.25. The van der Waals surface area contributed by atoms with Crippen molar-refractivity contribution in [3.8, 4) is 0 Å². The van der Waals surface area contributed by atoms with Crippen molar-refractivity contribution in [1.29, 1.82) is 0 Å². The number of amides is 2. The Morgan fingerprint density at radius 1 is 1.23 bits per heavy atom. The molecule has 0 unspecified atom stereocenters. The van der Waals surface area contributed by atoms with Gasteiger partial charge in [-0.1, -0.05) is 12.1 Å². The molecule has 0 aliphatic carbocycles. The van der Waals surface area contributed by atoms with E-state index in [-0.39, 0.29) is 11.8 Å². The molecule has 2 aromatic rings. The maximum Gasteiger partial charge on any atom is 0.261 e. The van der Waals surface area contributed by atoms with E-state index < -0.39 is 0 Å². The van der Waals surface area contributed by atoms with Crippen LogP contribution in [0.2, 0.25) is 0 Å². The number of nitrogens with zero attached hydrogens (tertiary/aromatic N) is 1. The zero-order chi connectivity index (χ0) is 16.1. The van der Waals surface area contributed by atoms with E-state index in [9.17, 15) is 9.59 Å². The van der Waals surface area contributed by atoms with Gasteiger partial charge >= 0.3 is 0 Å². The fourth-order valence-electron chi connectivity index (χ4n) is 2.12. The smallest absolute Gasteiger partial charge is 0.261 e. The normalized spacial score (nSPS) is 10.3. The number of nitrogens with one attached hydrogen (secondary N) is 1. The van der Waals surface area contributed by atoms with E-state index in [1.54, 1.807) is 25.1 Å². The molecule has 0 fully saturated rings. The van der Waals surface area contributed by atoms with E-state index in [4.69, 9.17) is 0 Å². The van der Waals surface area contributed by atoms with Crippen molar-refractivity contribution in [3.05, 3.63) is 57.3 Å². The van der Waals surface area contributed by atoms with Gasteiger partial charge in [-0.15, -0.1) is 11.3 Å². The first-order valence-electron chi connectivity index (χ1n) is 7.12. The Bertz CT molecular complexity index is 677. The highest BCUT2D eigenvalue weighted by molar-refractivity contribution is 7.12. The average Bonchev–Trinajstić information content (AvgIpc) is 2.93. The summed E-state index contributed by atoms with van der Waals surface area (Å²) >= 11 is 1.45. The number of aryl methyl sites for hydroxylation is 1. The summed E-state index contributed by atoms with van der Waals surface area (Å²) < 4.78 is 0. The molecule has 0 saturated heterocycles. The maximum atomic E-state index is 12.0. The zero-order valence-electron chi connectivity index (χ0n) is 13.1. The summed E-state index contributed by atoms with van der Waals surface area (Å²) in [5, 5.41) is 4.84. The molecular formula is C17H20N2O2S. The second-order valence-corrected chi connectivity index (χ2v) is 6.25. The molecule has 0 aliphatic heterocycles. The van der Waals surface area contributed by atoms with Crippen LogP contribution in [0.4, 0.5) is 0 Å². The molecule has 1 aromatic heterocycles. The minimum atomic E-state index is -0.0342. The molecule has 4 nitrogen and oxygen atoms in total. The summed E-state index contributed by atoms with van der Waals surface area (Å²) in [7, 11) is 3.47. The number of hydrogen-bond acceptors (Lipinski definition) is 3. The summed E-state index contributed by atoms with van der Waals surface area (Å²) in [6, 6.07) is 9.46. The van der Waals surface area contributed by atoms with Gasteiger partial charge in [-0.25, -0.2) is 0 Å². The lowest BCUT2D eigenvalue weighted by Gasteiger charge is -2.11. The lowest BCUT2D eigenvalue weighted by atomic mass is 10.1. The average molecular weight is 316 g/mol. The Kier molecular flexibility index (Phi) is 5.33. The van der Waals surface area contributed by atoms with Crippen LogP contribution in [0.15, 0.2) is 35.7 Å². The first-order chi connectivity index (χ1) is 10.5. The number of benzene rings is 1. The lowest BCUT2D eigenvalue weighted by molar-refractivity contribution is 0.0827. The van der Waals surface area contributed by atoms with Crippen molar-refractivity contribution in [1.82, 2.24) is 10.2 Å². The Morgan fingerprint density at radius 3 is 2.64 bits per heavy atom. The highest BCUT2D eigenvalue weighted by Gasteiger charge is 2.10. The van der Waals surface area contributed by atoms with Gasteiger partial charge in [0.2, 0.25) is 0 Å². The van der Waals surface area contributed by atoms with Crippen LogP contribution in [0.25, 0.3) is 0 Å². The molecule has 0 radical (unpaired) electrons. The molecule has 1 N–H and O–H groups in total. The first kappa shape index (κ1) is 16.2. The molecule has 0 saturated carbocycles. The Hall–Kier alpha value is -2.14. The molecular weight excluding hydrogens is 296 g/mol. The second-order valence-electron chi connectivity index (χ2n) is 5.34. The van der Waals surface area contributed by atoms with Crippen LogP contribution >= 0.6 is 11.3 Å². The highest BCUT2D eigenvalue weighted by atomic mass is 32.1. The maximum absolute atomic E-state index is 12.0. The quantitative estimate of drug-likeness (QED) is 0.922. The summed E-state index contributed by atoms with van der Waals surface area (Å²) in [6.07, 6.45) is 0.699. The van der Waals surface area contributed by atoms with E-state index in [1.165, 1.54) is 11.3 Å². The van der Waals surface area contributed by atoms with Crippen molar-refractivity contribution in [3.63, 3.8) is 0 Å². The summed E-state index contributed by atoms with van der Waals surface area (Å²) in [5.74, 6) is -0.0480. The van der Waals surface area contributed by atoms with Crippen molar-refractivity contribution in [2.24, 2.45) is 0 Å². The van der Waals surface area contributed by atoms with Gasteiger partial charge in [-0.2, -0.15) is 0 Å². The van der Waals surface area contributed by atoms with Gasteiger partial charge in [0.1, 0.15) is 0 Å². The number of hydrogen-bond donors (Lipinski definition) is 1. The van der Waals surface area contributed by atoms with Crippen LogP contribution in [0.3, 0.4) is 0 Å². The molecule has 2 amide bonds. The number of carbonyl (C=O) groups excluding carboxylic acids is 2. The van der Waals surface area contributed by atoms with Crippen LogP contribution in [0.1, 0.15) is 31.2 Å². The van der Waals surface area contributed by atoms with Crippen LogP contribution in [-0.4, -0.2) is 37.4 Å². The molecule has 22 heavy (non-hydrogen) atoms. The third kappa shape index (κ3) is 3.95. The number of rotatable bonds is 5. The van der Waals surface area contributed by atoms with E-state index in [2.05, 4.69) is 5.32 Å². The standard InChI is InChI=1S/C17H20N2O2S/c1-12-8-10-22-15(12)16(20)18-9-7-13-5-4-6-14(11-13)17(21)19(2)3/h4-6,8,10-11H,7,9H2,1-3H3,(H,18,20). The zero-order valence-corrected chi connectivity index (χ0v) is 13.9. The molecule has 116 valence electrons. The van der Waals surface area contributed by atoms with Gasteiger partial charge in [0.25, 0.3) is 11.8 Å². The van der Waals surface area contributed by atoms with Crippen molar-refractivity contribution in [2.75, 3.05) is 20.6 Å². The van der Waals surface area contributed by atoms with Gasteiger partial charge in [0.05, 0.1) is 4.88 Å². The predicted octanol–water partition coefficient (Wildman–Crippen LogP) is 2.73. The Labute approximate surface area is 134 Å². The number of carbonyl (C=O) groups is 2. The van der Waals surface area contributed by atoms with Crippen molar-refractivity contribution >= 4 is 23.2 Å². The van der Waals surface area contributed by atoms with Crippen LogP contribution in [-0.2, 0) is 6.42 Å². The second kappa shape index (κ2) is 7.22. The van der Waals surface area contributed by atoms with Crippen molar-refractivity contribution < 1.29 is 9.59 Å². The number of thiophene rings is 1. The van der Waals surface area contributed by atoms with E-state index >= 15 is 0 Å². The van der Waals surface area contributed by atoms with Gasteiger partial charge < -0.3 is 10.2 Å². The monoisotopic (exact) mass is 316 g/mol. The molecule has 5 heteroatoms. The van der Waals surface area contributed by atoms with E-state index in [0.717, 1.165) is 16.0 Å². The first-order valence-corrected chi connectivity index (χ1v) is 8.00. The third-order valence-corrected chi connectivity index (χ3v) is 4.36. The van der Waals surface area contributed by atoms with Crippen molar-refractivity contribution in [2.45, 2.75) is 13.3 Å². The largest absolute Gasteiger partial charge is 0.351 e. The van der Waals surface area contributed by atoms with E-state index in [0.29, 0.717) is 18.5 Å². The van der Waals surface area contributed by atoms with E-state index in [1.807, 2.05) is 36.6 Å². The third-order valence-electron chi connectivity index (χ3n) is 3.35. The van der Waals surface area contributed by atoms with Gasteiger partial charge in [0, 0.05) is 26.2 Å². The van der Waals surface area contributed by atoms with Crippen LogP contribution in [0.5, 0.6) is 0 Å². The molecule has 1 aromatic carbocycles. The SMILES string of the molecule is Cc1ccsc1C(=O)NCCc1cccc(C(=O)N(C)C)c1. The Balaban J connectivity index is 1.92. The van der Waals surface area contributed by atoms with Gasteiger partial charge in [0.15, 0.2) is 0 Å². The molecule has 0 aliphatic rings. The molecule has 1 heterocycles. The van der Waals surface area contributed by atoms with Gasteiger partial charge in [-0.3, -0.25) is 9.59 Å². The molecule has 0 bridgehead atoms. The minimum absolute atomic E-state index is 0.0138. The predicted molar refractivity (Wildman–Crippen MR) is 89.6 cm³/mol. The molecule has 0 atom stereocenters. The highest BCUT2D eigenvalue weighted by Crippen LogP contribution is 2.15. The minimum Gasteiger partial charge on any atom is -0.351 e. The molecule has 2 rings (SSSR count). The van der Waals surface area contributed by atoms with Gasteiger partial charge in [-0.05, 0) is 48.1 Å². The van der Waals surface area contributed by atoms with Crippen LogP contribution in [0, 0.1) is 6.92 Å².